The Morgan fingerprint density at radius 3 is 2.48 bits per heavy atom. The Labute approximate surface area is 160 Å². The molecule has 0 fully saturated rings. The zero-order chi connectivity index (χ0) is 18.1. The number of hydrogen-bond acceptors (Lipinski definition) is 3. The molecule has 3 rings (SSSR count). The fourth-order valence-electron chi connectivity index (χ4n) is 2.99. The molecule has 0 bridgehead atoms. The van der Waals surface area contributed by atoms with Gasteiger partial charge in [-0.05, 0) is 50.6 Å². The maximum Gasteiger partial charge on any atom is 0.261 e. The van der Waals surface area contributed by atoms with Gasteiger partial charge in [-0.1, -0.05) is 28.1 Å². The third-order valence-electron chi connectivity index (χ3n) is 4.30. The number of aromatic nitrogens is 2. The van der Waals surface area contributed by atoms with Crippen LogP contribution in [0.1, 0.15) is 39.6 Å². The van der Waals surface area contributed by atoms with Crippen molar-refractivity contribution in [1.82, 2.24) is 15.1 Å². The minimum atomic E-state index is -0.0839. The van der Waals surface area contributed by atoms with E-state index in [-0.39, 0.29) is 11.9 Å². The molecule has 4 nitrogen and oxygen atoms in total. The lowest BCUT2D eigenvalue weighted by Gasteiger charge is -2.14. The van der Waals surface area contributed by atoms with Gasteiger partial charge in [0.1, 0.15) is 0 Å². The van der Waals surface area contributed by atoms with Crippen LogP contribution in [0.5, 0.6) is 0 Å². The molecule has 6 heteroatoms. The summed E-state index contributed by atoms with van der Waals surface area (Å²) < 4.78 is 2.89. The van der Waals surface area contributed by atoms with Crippen LogP contribution in [0.15, 0.2) is 40.9 Å². The van der Waals surface area contributed by atoms with Crippen molar-refractivity contribution in [3.8, 4) is 10.4 Å². The Hall–Kier alpha value is -1.92. The van der Waals surface area contributed by atoms with Gasteiger partial charge in [0.15, 0.2) is 0 Å². The number of rotatable bonds is 4. The molecule has 0 aliphatic carbocycles. The molecule has 1 N–H and O–H groups in total. The van der Waals surface area contributed by atoms with Crippen LogP contribution in [0.25, 0.3) is 10.4 Å². The minimum Gasteiger partial charge on any atom is -0.345 e. The van der Waals surface area contributed by atoms with Gasteiger partial charge in [0.05, 0.1) is 16.6 Å². The first-order chi connectivity index (χ1) is 11.9. The Bertz CT molecular complexity index is 911. The molecular formula is C19H20BrN3OS. The summed E-state index contributed by atoms with van der Waals surface area (Å²) in [6, 6.07) is 11.9. The SMILES string of the molecule is Cc1nn(C)c(C)c1C(C)NC(=O)c1ccc(-c2ccc(Br)cc2)s1. The van der Waals surface area contributed by atoms with Gasteiger partial charge in [-0.2, -0.15) is 5.10 Å². The summed E-state index contributed by atoms with van der Waals surface area (Å²) in [5.74, 6) is -0.0523. The molecule has 130 valence electrons. The summed E-state index contributed by atoms with van der Waals surface area (Å²) in [5.41, 5.74) is 4.22. The van der Waals surface area contributed by atoms with E-state index in [4.69, 9.17) is 0 Å². The first-order valence-electron chi connectivity index (χ1n) is 8.03. The van der Waals surface area contributed by atoms with Gasteiger partial charge >= 0.3 is 0 Å². The Kier molecular flexibility index (Phi) is 5.11. The molecule has 2 aromatic heterocycles. The normalized spacial score (nSPS) is 12.2. The van der Waals surface area contributed by atoms with Gasteiger partial charge in [0.25, 0.3) is 5.91 Å². The summed E-state index contributed by atoms with van der Waals surface area (Å²) in [4.78, 5) is 14.4. The number of carbonyl (C=O) groups is 1. The van der Waals surface area contributed by atoms with Crippen molar-refractivity contribution in [2.75, 3.05) is 0 Å². The third-order valence-corrected chi connectivity index (χ3v) is 5.97. The van der Waals surface area contributed by atoms with E-state index in [0.29, 0.717) is 4.88 Å². The molecule has 0 saturated carbocycles. The second-order valence-electron chi connectivity index (χ2n) is 6.07. The van der Waals surface area contributed by atoms with Gasteiger partial charge in [-0.3, -0.25) is 9.48 Å². The highest BCUT2D eigenvalue weighted by atomic mass is 79.9. The highest BCUT2D eigenvalue weighted by Crippen LogP contribution is 2.29. The Balaban J connectivity index is 1.76. The van der Waals surface area contributed by atoms with Crippen molar-refractivity contribution >= 4 is 33.2 Å². The standard InChI is InChI=1S/C19H20BrN3OS/c1-11(18-12(2)22-23(4)13(18)3)21-19(24)17-10-9-16(25-17)14-5-7-15(20)8-6-14/h5-11H,1-4H3,(H,21,24). The summed E-state index contributed by atoms with van der Waals surface area (Å²) in [5, 5.41) is 7.52. The molecule has 1 amide bonds. The largest absolute Gasteiger partial charge is 0.345 e. The maximum atomic E-state index is 12.6. The van der Waals surface area contributed by atoms with Gasteiger partial charge < -0.3 is 5.32 Å². The van der Waals surface area contributed by atoms with Crippen LogP contribution in [0, 0.1) is 13.8 Å². The number of nitrogens with one attached hydrogen (secondary N) is 1. The smallest absolute Gasteiger partial charge is 0.261 e. The molecule has 0 saturated heterocycles. The van der Waals surface area contributed by atoms with Crippen molar-refractivity contribution < 1.29 is 4.79 Å². The van der Waals surface area contributed by atoms with Crippen LogP contribution < -0.4 is 5.32 Å². The van der Waals surface area contributed by atoms with E-state index in [0.717, 1.165) is 31.9 Å². The van der Waals surface area contributed by atoms with Crippen LogP contribution >= 0.6 is 27.3 Å². The predicted octanol–water partition coefficient (Wildman–Crippen LogP) is 5.02. The van der Waals surface area contributed by atoms with E-state index >= 15 is 0 Å². The number of benzene rings is 1. The number of amides is 1. The molecule has 0 aliphatic heterocycles. The minimum absolute atomic E-state index is 0.0523. The highest BCUT2D eigenvalue weighted by molar-refractivity contribution is 9.10. The third kappa shape index (κ3) is 3.70. The molecule has 25 heavy (non-hydrogen) atoms. The number of carbonyl (C=O) groups excluding carboxylic acids is 1. The van der Waals surface area contributed by atoms with Crippen molar-refractivity contribution in [3.05, 3.63) is 62.7 Å². The number of thiophene rings is 1. The van der Waals surface area contributed by atoms with Gasteiger partial charge in [0.2, 0.25) is 0 Å². The monoisotopic (exact) mass is 417 g/mol. The van der Waals surface area contributed by atoms with Crippen LogP contribution in [-0.4, -0.2) is 15.7 Å². The van der Waals surface area contributed by atoms with Gasteiger partial charge in [-0.15, -0.1) is 11.3 Å². The zero-order valence-corrected chi connectivity index (χ0v) is 17.0. The van der Waals surface area contributed by atoms with Gasteiger partial charge in [0, 0.05) is 27.7 Å². The second-order valence-corrected chi connectivity index (χ2v) is 8.07. The van der Waals surface area contributed by atoms with E-state index in [1.807, 2.05) is 68.9 Å². The molecule has 0 spiro atoms. The van der Waals surface area contributed by atoms with Crippen LogP contribution in [0.2, 0.25) is 0 Å². The summed E-state index contributed by atoms with van der Waals surface area (Å²) in [6.07, 6.45) is 0. The summed E-state index contributed by atoms with van der Waals surface area (Å²) in [7, 11) is 1.92. The Morgan fingerprint density at radius 2 is 1.88 bits per heavy atom. The average Bonchev–Trinajstić information content (AvgIpc) is 3.14. The lowest BCUT2D eigenvalue weighted by molar-refractivity contribution is 0.0944. The van der Waals surface area contributed by atoms with Crippen LogP contribution in [0.4, 0.5) is 0 Å². The number of aryl methyl sites for hydroxylation is 2. The number of nitrogens with zero attached hydrogens (tertiary/aromatic N) is 2. The van der Waals surface area contributed by atoms with Crippen molar-refractivity contribution in [2.24, 2.45) is 7.05 Å². The topological polar surface area (TPSA) is 46.9 Å². The average molecular weight is 418 g/mol. The van der Waals surface area contributed by atoms with E-state index in [9.17, 15) is 4.79 Å². The fraction of sp³-hybridized carbons (Fsp3) is 0.263. The zero-order valence-electron chi connectivity index (χ0n) is 14.6. The lowest BCUT2D eigenvalue weighted by Crippen LogP contribution is -2.26. The quantitative estimate of drug-likeness (QED) is 0.647. The van der Waals surface area contributed by atoms with Gasteiger partial charge in [-0.25, -0.2) is 0 Å². The van der Waals surface area contributed by atoms with Crippen LogP contribution in [0.3, 0.4) is 0 Å². The van der Waals surface area contributed by atoms with Crippen molar-refractivity contribution in [3.63, 3.8) is 0 Å². The molecule has 1 unspecified atom stereocenters. The van der Waals surface area contributed by atoms with Crippen molar-refractivity contribution in [1.29, 1.82) is 0 Å². The summed E-state index contributed by atoms with van der Waals surface area (Å²) in [6.45, 7) is 5.99. The molecule has 1 atom stereocenters. The first-order valence-corrected chi connectivity index (χ1v) is 9.64. The predicted molar refractivity (Wildman–Crippen MR) is 106 cm³/mol. The molecular weight excluding hydrogens is 398 g/mol. The highest BCUT2D eigenvalue weighted by Gasteiger charge is 2.19. The maximum absolute atomic E-state index is 12.6. The summed E-state index contributed by atoms with van der Waals surface area (Å²) >= 11 is 4.94. The van der Waals surface area contributed by atoms with Crippen molar-refractivity contribution in [2.45, 2.75) is 26.8 Å². The Morgan fingerprint density at radius 1 is 1.20 bits per heavy atom. The molecule has 0 aliphatic rings. The fourth-order valence-corrected chi connectivity index (χ4v) is 4.16. The molecule has 0 radical (unpaired) electrons. The van der Waals surface area contributed by atoms with E-state index in [1.54, 1.807) is 0 Å². The van der Waals surface area contributed by atoms with E-state index < -0.39 is 0 Å². The lowest BCUT2D eigenvalue weighted by atomic mass is 10.1. The van der Waals surface area contributed by atoms with Crippen LogP contribution in [-0.2, 0) is 7.05 Å². The molecule has 3 aromatic rings. The number of hydrogen-bond donors (Lipinski definition) is 1. The van der Waals surface area contributed by atoms with E-state index in [1.165, 1.54) is 11.3 Å². The molecule has 1 aromatic carbocycles. The van der Waals surface area contributed by atoms with E-state index in [2.05, 4.69) is 26.3 Å². The first kappa shape index (κ1) is 17.9. The molecule has 2 heterocycles. The number of halogens is 1. The second kappa shape index (κ2) is 7.14.